The van der Waals surface area contributed by atoms with Gasteiger partial charge >= 0.3 is 0 Å². The molecule has 7 nitrogen and oxygen atoms in total. The van der Waals surface area contributed by atoms with Gasteiger partial charge in [0.1, 0.15) is 0 Å². The number of nitrogens with zero attached hydrogens (tertiary/aromatic N) is 3. The molecule has 0 spiro atoms. The minimum absolute atomic E-state index is 0.199. The van der Waals surface area contributed by atoms with Gasteiger partial charge in [0.2, 0.25) is 15.9 Å². The van der Waals surface area contributed by atoms with Gasteiger partial charge in [-0.25, -0.2) is 12.7 Å². The molecule has 0 unspecified atom stereocenters. The minimum atomic E-state index is -3.27. The van der Waals surface area contributed by atoms with Crippen molar-refractivity contribution in [2.24, 2.45) is 5.92 Å². The molecule has 0 bridgehead atoms. The van der Waals surface area contributed by atoms with E-state index in [0.29, 0.717) is 36.8 Å². The third-order valence-electron chi connectivity index (χ3n) is 4.37. The fourth-order valence-electron chi connectivity index (χ4n) is 2.98. The van der Waals surface area contributed by atoms with Crippen molar-refractivity contribution >= 4 is 33.3 Å². The molecule has 1 saturated heterocycles. The maximum absolute atomic E-state index is 12.4. The zero-order valence-corrected chi connectivity index (χ0v) is 16.0. The number of nitrogens with one attached hydrogen (secondary N) is 1. The first-order valence-electron chi connectivity index (χ1n) is 8.35. The van der Waals surface area contributed by atoms with E-state index < -0.39 is 10.0 Å². The molecule has 0 aliphatic carbocycles. The van der Waals surface area contributed by atoms with Gasteiger partial charge in [0, 0.05) is 30.4 Å². The van der Waals surface area contributed by atoms with Crippen molar-refractivity contribution in [3.63, 3.8) is 0 Å². The molecular formula is C17H21ClN4O3S. The lowest BCUT2D eigenvalue weighted by Crippen LogP contribution is -2.43. The second-order valence-electron chi connectivity index (χ2n) is 6.47. The molecular weight excluding hydrogens is 376 g/mol. The van der Waals surface area contributed by atoms with Crippen molar-refractivity contribution in [1.29, 1.82) is 0 Å². The summed E-state index contributed by atoms with van der Waals surface area (Å²) in [5, 5.41) is 7.81. The van der Waals surface area contributed by atoms with E-state index in [2.05, 4.69) is 10.4 Å². The van der Waals surface area contributed by atoms with E-state index in [4.69, 9.17) is 11.6 Å². The van der Waals surface area contributed by atoms with Crippen LogP contribution in [0.4, 0.5) is 5.82 Å². The van der Waals surface area contributed by atoms with Gasteiger partial charge in [-0.15, -0.1) is 0 Å². The van der Waals surface area contributed by atoms with Gasteiger partial charge in [-0.3, -0.25) is 9.48 Å². The topological polar surface area (TPSA) is 84.3 Å². The Hall–Kier alpha value is -1.90. The molecule has 1 amide bonds. The van der Waals surface area contributed by atoms with Crippen LogP contribution in [0.1, 0.15) is 18.4 Å². The van der Waals surface area contributed by atoms with Crippen molar-refractivity contribution in [1.82, 2.24) is 14.1 Å². The van der Waals surface area contributed by atoms with Gasteiger partial charge in [-0.05, 0) is 30.5 Å². The molecule has 2 aromatic rings. The van der Waals surface area contributed by atoms with Gasteiger partial charge < -0.3 is 5.32 Å². The van der Waals surface area contributed by atoms with Crippen LogP contribution in [0.5, 0.6) is 0 Å². The third kappa shape index (κ3) is 4.84. The Kier molecular flexibility index (Phi) is 5.64. The van der Waals surface area contributed by atoms with Crippen LogP contribution in [0.15, 0.2) is 36.5 Å². The molecule has 3 rings (SSSR count). The number of rotatable bonds is 5. The average Bonchev–Trinajstić information content (AvgIpc) is 3.03. The summed E-state index contributed by atoms with van der Waals surface area (Å²) in [6.07, 6.45) is 4.30. The van der Waals surface area contributed by atoms with Gasteiger partial charge in [0.05, 0.1) is 18.7 Å². The zero-order valence-electron chi connectivity index (χ0n) is 14.4. The Balaban J connectivity index is 1.59. The second kappa shape index (κ2) is 7.77. The molecule has 2 heterocycles. The Morgan fingerprint density at radius 2 is 2.04 bits per heavy atom. The van der Waals surface area contributed by atoms with Crippen LogP contribution in [0.3, 0.4) is 0 Å². The molecule has 1 N–H and O–H groups in total. The molecule has 0 radical (unpaired) electrons. The number of carbonyl (C=O) groups is 1. The van der Waals surface area contributed by atoms with E-state index in [1.165, 1.54) is 10.6 Å². The van der Waals surface area contributed by atoms with Crippen LogP contribution in [0.2, 0.25) is 5.02 Å². The highest BCUT2D eigenvalue weighted by atomic mass is 35.5. The first-order chi connectivity index (χ1) is 12.3. The van der Waals surface area contributed by atoms with Gasteiger partial charge in [0.25, 0.3) is 0 Å². The van der Waals surface area contributed by atoms with Crippen LogP contribution in [-0.2, 0) is 21.4 Å². The van der Waals surface area contributed by atoms with Crippen LogP contribution < -0.4 is 5.32 Å². The standard InChI is InChI=1S/C17H21ClN4O3S/c1-26(24,25)22-9-2-3-14(12-22)17(23)19-16-8-10-21(20-16)11-13-4-6-15(18)7-5-13/h4-8,10,14H,2-3,9,11-12H2,1H3,(H,19,20,23)/t14-/m1/s1. The molecule has 9 heteroatoms. The summed E-state index contributed by atoms with van der Waals surface area (Å²) in [4.78, 5) is 12.4. The molecule has 0 saturated carbocycles. The number of anilines is 1. The maximum Gasteiger partial charge on any atom is 0.230 e. The van der Waals surface area contributed by atoms with Crippen LogP contribution in [0, 0.1) is 5.92 Å². The Bertz CT molecular complexity index is 880. The summed E-state index contributed by atoms with van der Waals surface area (Å²) in [6, 6.07) is 9.21. The molecule has 1 aliphatic heterocycles. The fourth-order valence-corrected chi connectivity index (χ4v) is 4.02. The van der Waals surface area contributed by atoms with Crippen molar-refractivity contribution in [3.05, 3.63) is 47.1 Å². The summed E-state index contributed by atoms with van der Waals surface area (Å²) >= 11 is 5.88. The number of amides is 1. The predicted molar refractivity (Wildman–Crippen MR) is 101 cm³/mol. The lowest BCUT2D eigenvalue weighted by molar-refractivity contribution is -0.120. The zero-order chi connectivity index (χ0) is 18.7. The average molecular weight is 397 g/mol. The van der Waals surface area contributed by atoms with E-state index in [0.717, 1.165) is 5.56 Å². The molecule has 1 aliphatic rings. The van der Waals surface area contributed by atoms with Crippen molar-refractivity contribution in [2.45, 2.75) is 19.4 Å². The summed E-state index contributed by atoms with van der Waals surface area (Å²) in [5.41, 5.74) is 1.05. The quantitative estimate of drug-likeness (QED) is 0.839. The van der Waals surface area contributed by atoms with Crippen LogP contribution >= 0.6 is 11.6 Å². The number of piperidine rings is 1. The summed E-state index contributed by atoms with van der Waals surface area (Å²) in [5.74, 6) is -0.101. The monoisotopic (exact) mass is 396 g/mol. The van der Waals surface area contributed by atoms with E-state index in [1.54, 1.807) is 16.9 Å². The molecule has 26 heavy (non-hydrogen) atoms. The molecule has 1 aromatic heterocycles. The Morgan fingerprint density at radius 3 is 2.73 bits per heavy atom. The number of hydrogen-bond donors (Lipinski definition) is 1. The number of carbonyl (C=O) groups excluding carboxylic acids is 1. The summed E-state index contributed by atoms with van der Waals surface area (Å²) in [6.45, 7) is 1.26. The first-order valence-corrected chi connectivity index (χ1v) is 10.6. The van der Waals surface area contributed by atoms with E-state index in [-0.39, 0.29) is 18.4 Å². The highest BCUT2D eigenvalue weighted by Gasteiger charge is 2.30. The molecule has 1 atom stereocenters. The second-order valence-corrected chi connectivity index (χ2v) is 8.89. The molecule has 140 valence electrons. The molecule has 1 fully saturated rings. The van der Waals surface area contributed by atoms with Crippen molar-refractivity contribution in [3.8, 4) is 0 Å². The van der Waals surface area contributed by atoms with E-state index >= 15 is 0 Å². The fraction of sp³-hybridized carbons (Fsp3) is 0.412. The van der Waals surface area contributed by atoms with Gasteiger partial charge in [-0.2, -0.15) is 5.10 Å². The van der Waals surface area contributed by atoms with Crippen molar-refractivity contribution < 1.29 is 13.2 Å². The van der Waals surface area contributed by atoms with E-state index in [1.807, 2.05) is 24.3 Å². The highest BCUT2D eigenvalue weighted by molar-refractivity contribution is 7.88. The van der Waals surface area contributed by atoms with Gasteiger partial charge in [-0.1, -0.05) is 23.7 Å². The molecule has 1 aromatic carbocycles. The lowest BCUT2D eigenvalue weighted by Gasteiger charge is -2.29. The SMILES string of the molecule is CS(=O)(=O)N1CCC[C@@H](C(=O)Nc2ccn(Cc3ccc(Cl)cc3)n2)C1. The highest BCUT2D eigenvalue weighted by Crippen LogP contribution is 2.20. The predicted octanol–water partition coefficient (Wildman–Crippen LogP) is 2.19. The third-order valence-corrected chi connectivity index (χ3v) is 5.90. The lowest BCUT2D eigenvalue weighted by atomic mass is 9.99. The first kappa shape index (κ1) is 18.9. The summed E-state index contributed by atoms with van der Waals surface area (Å²) in [7, 11) is -3.27. The van der Waals surface area contributed by atoms with Crippen LogP contribution in [-0.4, -0.2) is 47.8 Å². The number of hydrogen-bond acceptors (Lipinski definition) is 4. The minimum Gasteiger partial charge on any atom is -0.309 e. The number of sulfonamides is 1. The number of aromatic nitrogens is 2. The normalized spacial score (nSPS) is 18.6. The maximum atomic E-state index is 12.4. The largest absolute Gasteiger partial charge is 0.309 e. The van der Waals surface area contributed by atoms with Crippen molar-refractivity contribution in [2.75, 3.05) is 24.7 Å². The number of benzene rings is 1. The Labute approximate surface area is 158 Å². The van der Waals surface area contributed by atoms with Crippen LogP contribution in [0.25, 0.3) is 0 Å². The van der Waals surface area contributed by atoms with Gasteiger partial charge in [0.15, 0.2) is 5.82 Å². The summed E-state index contributed by atoms with van der Waals surface area (Å²) < 4.78 is 26.4. The number of halogens is 1. The Morgan fingerprint density at radius 1 is 1.31 bits per heavy atom. The van der Waals surface area contributed by atoms with E-state index in [9.17, 15) is 13.2 Å². The smallest absolute Gasteiger partial charge is 0.230 e.